The van der Waals surface area contributed by atoms with Gasteiger partial charge in [0.25, 0.3) is 5.56 Å². The van der Waals surface area contributed by atoms with E-state index in [9.17, 15) is 9.59 Å². The van der Waals surface area contributed by atoms with Crippen LogP contribution in [0.5, 0.6) is 0 Å². The minimum Gasteiger partial charge on any atom is -0.379 e. The van der Waals surface area contributed by atoms with Gasteiger partial charge in [0.2, 0.25) is 5.91 Å². The number of carbonyl (C=O) groups is 1. The van der Waals surface area contributed by atoms with Gasteiger partial charge < -0.3 is 14.8 Å². The van der Waals surface area contributed by atoms with Crippen LogP contribution >= 0.6 is 0 Å². The molecule has 2 aromatic rings. The highest BCUT2D eigenvalue weighted by Gasteiger charge is 2.27. The third-order valence-electron chi connectivity index (χ3n) is 4.57. The molecule has 7 nitrogen and oxygen atoms in total. The van der Waals surface area contributed by atoms with Gasteiger partial charge >= 0.3 is 0 Å². The Hall–Kier alpha value is -2.25. The summed E-state index contributed by atoms with van der Waals surface area (Å²) in [6, 6.07) is 7.26. The lowest BCUT2D eigenvalue weighted by Crippen LogP contribution is -2.50. The summed E-state index contributed by atoms with van der Waals surface area (Å²) < 4.78 is 12.6. The van der Waals surface area contributed by atoms with E-state index in [2.05, 4.69) is 10.3 Å². The van der Waals surface area contributed by atoms with Crippen molar-refractivity contribution in [3.05, 3.63) is 40.9 Å². The number of rotatable bonds is 7. The SMILES string of the molecule is CCO[C@@H]1COCC[C@H]1NC(=O)CCCn1cnc2ccccc2c1=O. The summed E-state index contributed by atoms with van der Waals surface area (Å²) in [6.45, 7) is 4.14. The van der Waals surface area contributed by atoms with E-state index in [0.29, 0.717) is 50.1 Å². The molecule has 0 aliphatic carbocycles. The highest BCUT2D eigenvalue weighted by molar-refractivity contribution is 5.77. The van der Waals surface area contributed by atoms with Gasteiger partial charge in [0.15, 0.2) is 0 Å². The molecule has 140 valence electrons. The molecule has 0 radical (unpaired) electrons. The Kier molecular flexibility index (Phi) is 6.35. The summed E-state index contributed by atoms with van der Waals surface area (Å²) in [7, 11) is 0. The van der Waals surface area contributed by atoms with Crippen molar-refractivity contribution in [1.29, 1.82) is 0 Å². The number of nitrogens with zero attached hydrogens (tertiary/aromatic N) is 2. The van der Waals surface area contributed by atoms with Gasteiger partial charge in [-0.15, -0.1) is 0 Å². The third kappa shape index (κ3) is 4.47. The zero-order valence-electron chi connectivity index (χ0n) is 15.0. The minimum atomic E-state index is -0.0926. The summed E-state index contributed by atoms with van der Waals surface area (Å²) >= 11 is 0. The first-order valence-corrected chi connectivity index (χ1v) is 9.12. The molecule has 1 N–H and O–H groups in total. The molecule has 0 saturated carbocycles. The summed E-state index contributed by atoms with van der Waals surface area (Å²) in [5.41, 5.74) is 0.616. The Morgan fingerprint density at radius 3 is 3.12 bits per heavy atom. The number of hydrogen-bond acceptors (Lipinski definition) is 5. The van der Waals surface area contributed by atoms with E-state index >= 15 is 0 Å². The van der Waals surface area contributed by atoms with E-state index in [1.54, 1.807) is 17.0 Å². The Morgan fingerprint density at radius 2 is 2.27 bits per heavy atom. The van der Waals surface area contributed by atoms with Gasteiger partial charge in [0.1, 0.15) is 6.10 Å². The van der Waals surface area contributed by atoms with Crippen LogP contribution in [0.15, 0.2) is 35.4 Å². The molecule has 0 bridgehead atoms. The van der Waals surface area contributed by atoms with Crippen LogP contribution in [0.25, 0.3) is 10.9 Å². The van der Waals surface area contributed by atoms with E-state index in [1.165, 1.54) is 0 Å². The quantitative estimate of drug-likeness (QED) is 0.810. The molecule has 2 atom stereocenters. The smallest absolute Gasteiger partial charge is 0.261 e. The number of hydrogen-bond donors (Lipinski definition) is 1. The average molecular weight is 359 g/mol. The van der Waals surface area contributed by atoms with Crippen molar-refractivity contribution >= 4 is 16.8 Å². The van der Waals surface area contributed by atoms with Crippen molar-refractivity contribution in [1.82, 2.24) is 14.9 Å². The van der Waals surface area contributed by atoms with Gasteiger partial charge in [-0.25, -0.2) is 4.98 Å². The standard InChI is InChI=1S/C19H25N3O4/c1-2-26-17-12-25-11-9-16(17)21-18(23)8-5-10-22-13-20-15-7-4-3-6-14(15)19(22)24/h3-4,6-7,13,16-17H,2,5,8-12H2,1H3,(H,21,23)/t16-,17-/m1/s1. The van der Waals surface area contributed by atoms with Crippen molar-refractivity contribution in [2.45, 2.75) is 44.9 Å². The van der Waals surface area contributed by atoms with E-state index in [-0.39, 0.29) is 23.6 Å². The molecule has 1 aliphatic rings. The van der Waals surface area contributed by atoms with Crippen molar-refractivity contribution < 1.29 is 14.3 Å². The molecule has 1 aromatic carbocycles. The van der Waals surface area contributed by atoms with Crippen LogP contribution in [-0.2, 0) is 20.8 Å². The van der Waals surface area contributed by atoms with Crippen molar-refractivity contribution in [2.24, 2.45) is 0 Å². The summed E-state index contributed by atoms with van der Waals surface area (Å²) in [6.07, 6.45) is 3.14. The largest absolute Gasteiger partial charge is 0.379 e. The fourth-order valence-electron chi connectivity index (χ4n) is 3.21. The highest BCUT2D eigenvalue weighted by Crippen LogP contribution is 2.12. The number of fused-ring (bicyclic) bond motifs is 1. The van der Waals surface area contributed by atoms with Crippen LogP contribution in [0.2, 0.25) is 0 Å². The number of ether oxygens (including phenoxy) is 2. The molecule has 1 aromatic heterocycles. The van der Waals surface area contributed by atoms with Gasteiger partial charge in [0, 0.05) is 26.2 Å². The molecule has 1 aliphatic heterocycles. The maximum Gasteiger partial charge on any atom is 0.261 e. The molecule has 1 fully saturated rings. The first-order valence-electron chi connectivity index (χ1n) is 9.12. The second-order valence-corrected chi connectivity index (χ2v) is 6.40. The number of nitrogens with one attached hydrogen (secondary N) is 1. The van der Waals surface area contributed by atoms with Crippen LogP contribution in [0, 0.1) is 0 Å². The molecule has 26 heavy (non-hydrogen) atoms. The highest BCUT2D eigenvalue weighted by atomic mass is 16.5. The van der Waals surface area contributed by atoms with Gasteiger partial charge in [-0.3, -0.25) is 14.2 Å². The Balaban J connectivity index is 1.52. The number of aryl methyl sites for hydroxylation is 1. The fourth-order valence-corrected chi connectivity index (χ4v) is 3.21. The number of benzene rings is 1. The molecule has 0 spiro atoms. The summed E-state index contributed by atoms with van der Waals surface area (Å²) in [5, 5.41) is 3.64. The third-order valence-corrected chi connectivity index (χ3v) is 4.57. The topological polar surface area (TPSA) is 82.4 Å². The molecule has 1 saturated heterocycles. The van der Waals surface area contributed by atoms with E-state index in [1.807, 2.05) is 25.1 Å². The first kappa shape index (κ1) is 18.5. The number of amides is 1. The molecule has 7 heteroatoms. The van der Waals surface area contributed by atoms with E-state index < -0.39 is 0 Å². The molecule has 1 amide bonds. The maximum atomic E-state index is 12.4. The van der Waals surface area contributed by atoms with Crippen molar-refractivity contribution in [3.8, 4) is 0 Å². The average Bonchev–Trinajstić information content (AvgIpc) is 2.66. The van der Waals surface area contributed by atoms with Crippen LogP contribution in [0.1, 0.15) is 26.2 Å². The number of aromatic nitrogens is 2. The maximum absolute atomic E-state index is 12.4. The van der Waals surface area contributed by atoms with Crippen LogP contribution in [0.4, 0.5) is 0 Å². The van der Waals surface area contributed by atoms with Crippen LogP contribution in [-0.4, -0.2) is 47.4 Å². The van der Waals surface area contributed by atoms with Gasteiger partial charge in [0.05, 0.1) is 29.9 Å². The zero-order chi connectivity index (χ0) is 18.4. The molecule has 0 unspecified atom stereocenters. The Bertz CT molecular complexity index is 803. The predicted molar refractivity (Wildman–Crippen MR) is 98.0 cm³/mol. The molecule has 3 rings (SSSR count). The predicted octanol–water partition coefficient (Wildman–Crippen LogP) is 1.49. The number of carbonyl (C=O) groups excluding carboxylic acids is 1. The second-order valence-electron chi connectivity index (χ2n) is 6.40. The van der Waals surface area contributed by atoms with Gasteiger partial charge in [-0.2, -0.15) is 0 Å². The molecular formula is C19H25N3O4. The molecular weight excluding hydrogens is 334 g/mol. The number of para-hydroxylation sites is 1. The lowest BCUT2D eigenvalue weighted by Gasteiger charge is -2.31. The lowest BCUT2D eigenvalue weighted by atomic mass is 10.1. The van der Waals surface area contributed by atoms with Gasteiger partial charge in [-0.1, -0.05) is 12.1 Å². The van der Waals surface area contributed by atoms with E-state index in [4.69, 9.17) is 9.47 Å². The van der Waals surface area contributed by atoms with Crippen LogP contribution < -0.4 is 10.9 Å². The monoisotopic (exact) mass is 359 g/mol. The van der Waals surface area contributed by atoms with E-state index in [0.717, 1.165) is 6.42 Å². The minimum absolute atomic E-state index is 0.0127. The second kappa shape index (κ2) is 8.91. The first-order chi connectivity index (χ1) is 12.7. The van der Waals surface area contributed by atoms with Crippen LogP contribution in [0.3, 0.4) is 0 Å². The van der Waals surface area contributed by atoms with Gasteiger partial charge in [-0.05, 0) is 31.9 Å². The normalized spacial score (nSPS) is 20.2. The zero-order valence-corrected chi connectivity index (χ0v) is 15.0. The fraction of sp³-hybridized carbons (Fsp3) is 0.526. The van der Waals surface area contributed by atoms with Crippen molar-refractivity contribution in [3.63, 3.8) is 0 Å². The van der Waals surface area contributed by atoms with Crippen molar-refractivity contribution in [2.75, 3.05) is 19.8 Å². The summed E-state index contributed by atoms with van der Waals surface area (Å²) in [5.74, 6) is -0.0246. The lowest BCUT2D eigenvalue weighted by molar-refractivity contribution is -0.126. The Morgan fingerprint density at radius 1 is 1.42 bits per heavy atom. The summed E-state index contributed by atoms with van der Waals surface area (Å²) in [4.78, 5) is 29.0. The molecule has 2 heterocycles. The Labute approximate surface area is 152 Å².